The van der Waals surface area contributed by atoms with Gasteiger partial charge in [0.15, 0.2) is 5.96 Å². The van der Waals surface area contributed by atoms with Gasteiger partial charge in [0.05, 0.1) is 6.54 Å². The molecular formula is C18H25IN4O2. The molecule has 1 aromatic carbocycles. The zero-order valence-electron chi connectivity index (χ0n) is 14.6. The highest BCUT2D eigenvalue weighted by molar-refractivity contribution is 14.0. The van der Waals surface area contributed by atoms with E-state index in [1.54, 1.807) is 7.05 Å². The molecule has 2 heterocycles. The summed E-state index contributed by atoms with van der Waals surface area (Å²) in [6.45, 7) is 4.01. The Balaban J connectivity index is 0.00000225. The monoisotopic (exact) mass is 456 g/mol. The molecule has 136 valence electrons. The van der Waals surface area contributed by atoms with E-state index in [1.165, 1.54) is 0 Å². The lowest BCUT2D eigenvalue weighted by Crippen LogP contribution is -2.44. The van der Waals surface area contributed by atoms with Crippen LogP contribution in [0.3, 0.4) is 0 Å². The molecule has 1 unspecified atom stereocenters. The fourth-order valence-corrected chi connectivity index (χ4v) is 3.01. The van der Waals surface area contributed by atoms with E-state index in [2.05, 4.69) is 15.6 Å². The molecule has 1 saturated heterocycles. The Labute approximate surface area is 165 Å². The van der Waals surface area contributed by atoms with Crippen LogP contribution >= 0.6 is 24.0 Å². The summed E-state index contributed by atoms with van der Waals surface area (Å²) in [4.78, 5) is 17.9. The number of nitrogens with one attached hydrogen (secondary N) is 2. The maximum Gasteiger partial charge on any atom is 0.222 e. The first-order valence-electron chi connectivity index (χ1n) is 8.42. The molecule has 6 nitrogen and oxygen atoms in total. The van der Waals surface area contributed by atoms with Crippen LogP contribution in [0.4, 0.5) is 0 Å². The van der Waals surface area contributed by atoms with Crippen molar-refractivity contribution in [2.75, 3.05) is 20.1 Å². The Bertz CT molecular complexity index is 711. The number of rotatable bonds is 4. The van der Waals surface area contributed by atoms with Crippen LogP contribution in [0.15, 0.2) is 39.7 Å². The molecule has 25 heavy (non-hydrogen) atoms. The molecule has 3 rings (SSSR count). The third-order valence-corrected chi connectivity index (χ3v) is 4.31. The highest BCUT2D eigenvalue weighted by atomic mass is 127. The maximum atomic E-state index is 11.8. The summed E-state index contributed by atoms with van der Waals surface area (Å²) in [5.41, 5.74) is 0.891. The van der Waals surface area contributed by atoms with Crippen LogP contribution in [0.5, 0.6) is 0 Å². The minimum Gasteiger partial charge on any atom is -0.459 e. The van der Waals surface area contributed by atoms with Crippen molar-refractivity contribution < 1.29 is 9.21 Å². The van der Waals surface area contributed by atoms with Gasteiger partial charge in [0, 0.05) is 38.0 Å². The van der Waals surface area contributed by atoms with E-state index in [4.69, 9.17) is 4.42 Å². The highest BCUT2D eigenvalue weighted by Crippen LogP contribution is 2.18. The molecule has 0 aliphatic carbocycles. The van der Waals surface area contributed by atoms with Crippen molar-refractivity contribution in [2.24, 2.45) is 4.99 Å². The van der Waals surface area contributed by atoms with Gasteiger partial charge in [-0.2, -0.15) is 0 Å². The number of carbonyl (C=O) groups excluding carboxylic acids is 1. The van der Waals surface area contributed by atoms with Crippen molar-refractivity contribution >= 4 is 46.8 Å². The smallest absolute Gasteiger partial charge is 0.222 e. The number of guanidine groups is 1. The first-order valence-corrected chi connectivity index (χ1v) is 8.42. The number of likely N-dealkylation sites (tertiary alicyclic amines) is 1. The van der Waals surface area contributed by atoms with E-state index in [0.29, 0.717) is 13.0 Å². The van der Waals surface area contributed by atoms with Crippen LogP contribution in [0.2, 0.25) is 0 Å². The van der Waals surface area contributed by atoms with Crippen LogP contribution in [0.25, 0.3) is 11.0 Å². The van der Waals surface area contributed by atoms with Gasteiger partial charge >= 0.3 is 0 Å². The van der Waals surface area contributed by atoms with E-state index in [0.717, 1.165) is 42.2 Å². The zero-order valence-corrected chi connectivity index (χ0v) is 16.9. The standard InChI is InChI=1S/C18H24N4O2.HI/c1-3-17(23)22-9-8-14(12-22)21-18(19-2)20-11-15-10-13-6-4-5-7-16(13)24-15;/h4-7,10,14H,3,8-9,11-12H2,1-2H3,(H2,19,20,21);1H. The van der Waals surface area contributed by atoms with Crippen molar-refractivity contribution in [3.63, 3.8) is 0 Å². The molecule has 0 radical (unpaired) electrons. The number of hydrogen-bond donors (Lipinski definition) is 2. The molecule has 7 heteroatoms. The second-order valence-corrected chi connectivity index (χ2v) is 6.00. The molecule has 1 fully saturated rings. The molecular weight excluding hydrogens is 431 g/mol. The number of hydrogen-bond acceptors (Lipinski definition) is 3. The Morgan fingerprint density at radius 2 is 2.20 bits per heavy atom. The molecule has 1 aromatic heterocycles. The van der Waals surface area contributed by atoms with Crippen LogP contribution in [-0.4, -0.2) is 42.9 Å². The average Bonchev–Trinajstić information content (AvgIpc) is 3.24. The van der Waals surface area contributed by atoms with Gasteiger partial charge in [0.1, 0.15) is 11.3 Å². The van der Waals surface area contributed by atoms with Gasteiger partial charge in [0.2, 0.25) is 5.91 Å². The predicted octanol–water partition coefficient (Wildman–Crippen LogP) is 2.73. The van der Waals surface area contributed by atoms with Crippen LogP contribution in [0, 0.1) is 0 Å². The quantitative estimate of drug-likeness (QED) is 0.422. The number of amides is 1. The fourth-order valence-electron chi connectivity index (χ4n) is 3.01. The molecule has 0 bridgehead atoms. The van der Waals surface area contributed by atoms with Crippen molar-refractivity contribution in [1.29, 1.82) is 0 Å². The number of aliphatic imine (C=N–C) groups is 1. The lowest BCUT2D eigenvalue weighted by Gasteiger charge is -2.18. The minimum absolute atomic E-state index is 0. The molecule has 1 aliphatic rings. The average molecular weight is 456 g/mol. The summed E-state index contributed by atoms with van der Waals surface area (Å²) in [6, 6.07) is 10.2. The summed E-state index contributed by atoms with van der Waals surface area (Å²) in [5, 5.41) is 7.75. The normalized spacial score (nSPS) is 17.4. The summed E-state index contributed by atoms with van der Waals surface area (Å²) in [5.74, 6) is 1.81. The number of para-hydroxylation sites is 1. The number of halogens is 1. The van der Waals surface area contributed by atoms with E-state index < -0.39 is 0 Å². The molecule has 0 saturated carbocycles. The number of benzene rings is 1. The van der Waals surface area contributed by atoms with Crippen LogP contribution < -0.4 is 10.6 Å². The second-order valence-electron chi connectivity index (χ2n) is 6.00. The topological polar surface area (TPSA) is 69.9 Å². The van der Waals surface area contributed by atoms with E-state index >= 15 is 0 Å². The summed E-state index contributed by atoms with van der Waals surface area (Å²) < 4.78 is 5.80. The first kappa shape index (κ1) is 19.6. The second kappa shape index (κ2) is 9.07. The van der Waals surface area contributed by atoms with Crippen molar-refractivity contribution in [2.45, 2.75) is 32.4 Å². The molecule has 2 aromatic rings. The van der Waals surface area contributed by atoms with E-state index in [-0.39, 0.29) is 35.9 Å². The zero-order chi connectivity index (χ0) is 16.9. The van der Waals surface area contributed by atoms with Crippen molar-refractivity contribution in [3.8, 4) is 0 Å². The molecule has 1 aliphatic heterocycles. The number of fused-ring (bicyclic) bond motifs is 1. The van der Waals surface area contributed by atoms with Gasteiger partial charge < -0.3 is 20.0 Å². The molecule has 1 atom stereocenters. The molecule has 0 spiro atoms. The van der Waals surface area contributed by atoms with Crippen molar-refractivity contribution in [1.82, 2.24) is 15.5 Å². The Morgan fingerprint density at radius 1 is 1.40 bits per heavy atom. The number of furan rings is 1. The first-order chi connectivity index (χ1) is 11.7. The van der Waals surface area contributed by atoms with Crippen LogP contribution in [0.1, 0.15) is 25.5 Å². The van der Waals surface area contributed by atoms with E-state index in [1.807, 2.05) is 42.2 Å². The number of nitrogens with zero attached hydrogens (tertiary/aromatic N) is 2. The Morgan fingerprint density at radius 3 is 2.92 bits per heavy atom. The third kappa shape index (κ3) is 4.87. The summed E-state index contributed by atoms with van der Waals surface area (Å²) >= 11 is 0. The Kier molecular flexibility index (Phi) is 7.10. The maximum absolute atomic E-state index is 11.8. The van der Waals surface area contributed by atoms with Gasteiger partial charge in [-0.05, 0) is 18.6 Å². The summed E-state index contributed by atoms with van der Waals surface area (Å²) in [6.07, 6.45) is 1.50. The Hall–Kier alpha value is -1.77. The summed E-state index contributed by atoms with van der Waals surface area (Å²) in [7, 11) is 1.75. The minimum atomic E-state index is 0. The van der Waals surface area contributed by atoms with Gasteiger partial charge in [-0.3, -0.25) is 9.79 Å². The van der Waals surface area contributed by atoms with Gasteiger partial charge in [0.25, 0.3) is 0 Å². The van der Waals surface area contributed by atoms with Gasteiger partial charge in [-0.15, -0.1) is 24.0 Å². The molecule has 1 amide bonds. The largest absolute Gasteiger partial charge is 0.459 e. The third-order valence-electron chi connectivity index (χ3n) is 4.31. The predicted molar refractivity (Wildman–Crippen MR) is 110 cm³/mol. The molecule has 2 N–H and O–H groups in total. The van der Waals surface area contributed by atoms with Crippen molar-refractivity contribution in [3.05, 3.63) is 36.1 Å². The SMILES string of the molecule is CCC(=O)N1CCC(NC(=NC)NCc2cc3ccccc3o2)C1.I. The highest BCUT2D eigenvalue weighted by Gasteiger charge is 2.25. The van der Waals surface area contributed by atoms with Crippen LogP contribution in [-0.2, 0) is 11.3 Å². The van der Waals surface area contributed by atoms with Gasteiger partial charge in [-0.25, -0.2) is 0 Å². The fraction of sp³-hybridized carbons (Fsp3) is 0.444. The van der Waals surface area contributed by atoms with E-state index in [9.17, 15) is 4.79 Å². The number of carbonyl (C=O) groups is 1. The van der Waals surface area contributed by atoms with Gasteiger partial charge in [-0.1, -0.05) is 25.1 Å². The lowest BCUT2D eigenvalue weighted by atomic mass is 10.2. The lowest BCUT2D eigenvalue weighted by molar-refractivity contribution is -0.129.